The van der Waals surface area contributed by atoms with Crippen molar-refractivity contribution in [2.75, 3.05) is 14.1 Å². The average molecular weight is 188 g/mol. The molecule has 14 heavy (non-hydrogen) atoms. The second-order valence-electron chi connectivity index (χ2n) is 4.37. The normalized spacial score (nSPS) is 20.5. The first-order valence-corrected chi connectivity index (χ1v) is 5.32. The number of hydrogen-bond acceptors (Lipinski definition) is 0. The SMILES string of the molecule is CC1CCC(=[N+](C)C)c2ccccc21. The minimum atomic E-state index is 0.717. The highest BCUT2D eigenvalue weighted by molar-refractivity contribution is 5.99. The van der Waals surface area contributed by atoms with Gasteiger partial charge in [0.2, 0.25) is 0 Å². The van der Waals surface area contributed by atoms with Gasteiger partial charge in [-0.2, -0.15) is 0 Å². The van der Waals surface area contributed by atoms with Crippen LogP contribution < -0.4 is 0 Å². The molecular weight excluding hydrogens is 170 g/mol. The van der Waals surface area contributed by atoms with Crippen LogP contribution >= 0.6 is 0 Å². The maximum atomic E-state index is 2.32. The molecule has 2 rings (SSSR count). The number of fused-ring (bicyclic) bond motifs is 1. The fourth-order valence-corrected chi connectivity index (χ4v) is 2.30. The molecule has 1 nitrogen and oxygen atoms in total. The number of hydrogen-bond donors (Lipinski definition) is 0. The molecule has 1 aromatic rings. The standard InChI is InChI=1S/C13H18N/c1-10-8-9-13(14(2)3)12-7-5-4-6-11(10)12/h4-7,10H,8-9H2,1-3H3/q+1. The van der Waals surface area contributed by atoms with Crippen molar-refractivity contribution < 1.29 is 4.58 Å². The lowest BCUT2D eigenvalue weighted by Crippen LogP contribution is -2.22. The Morgan fingerprint density at radius 3 is 2.64 bits per heavy atom. The molecule has 74 valence electrons. The maximum absolute atomic E-state index is 2.32. The van der Waals surface area contributed by atoms with Crippen molar-refractivity contribution in [1.82, 2.24) is 0 Å². The fraction of sp³-hybridized carbons (Fsp3) is 0.462. The molecule has 0 heterocycles. The Morgan fingerprint density at radius 2 is 1.93 bits per heavy atom. The molecule has 0 N–H and O–H groups in total. The minimum Gasteiger partial charge on any atom is -0.238 e. The Bertz CT molecular complexity index is 373. The van der Waals surface area contributed by atoms with Crippen LogP contribution in [0.3, 0.4) is 0 Å². The van der Waals surface area contributed by atoms with Crippen LogP contribution in [0.1, 0.15) is 36.8 Å². The molecule has 1 aliphatic carbocycles. The highest BCUT2D eigenvalue weighted by atomic mass is 14.9. The first-order valence-electron chi connectivity index (χ1n) is 5.32. The maximum Gasteiger partial charge on any atom is 0.183 e. The van der Waals surface area contributed by atoms with E-state index in [1.54, 1.807) is 0 Å². The van der Waals surface area contributed by atoms with E-state index in [4.69, 9.17) is 0 Å². The molecule has 1 heteroatoms. The van der Waals surface area contributed by atoms with Gasteiger partial charge in [0.1, 0.15) is 14.1 Å². The van der Waals surface area contributed by atoms with E-state index in [1.807, 2.05) is 0 Å². The molecule has 1 aliphatic rings. The summed E-state index contributed by atoms with van der Waals surface area (Å²) in [5, 5.41) is 0. The number of rotatable bonds is 0. The van der Waals surface area contributed by atoms with Gasteiger partial charge < -0.3 is 0 Å². The third kappa shape index (κ3) is 1.47. The molecule has 0 amide bonds. The molecule has 0 aliphatic heterocycles. The van der Waals surface area contributed by atoms with Crippen LogP contribution in [0.25, 0.3) is 0 Å². The molecule has 0 saturated carbocycles. The van der Waals surface area contributed by atoms with E-state index in [0.29, 0.717) is 0 Å². The van der Waals surface area contributed by atoms with Crippen LogP contribution in [0.4, 0.5) is 0 Å². The molecule has 0 spiro atoms. The number of nitrogens with zero attached hydrogens (tertiary/aromatic N) is 1. The second-order valence-corrected chi connectivity index (χ2v) is 4.37. The van der Waals surface area contributed by atoms with E-state index < -0.39 is 0 Å². The third-order valence-corrected chi connectivity index (χ3v) is 3.16. The summed E-state index contributed by atoms with van der Waals surface area (Å²) in [7, 11) is 4.28. The highest BCUT2D eigenvalue weighted by Crippen LogP contribution is 2.30. The molecule has 1 aromatic carbocycles. The lowest BCUT2D eigenvalue weighted by molar-refractivity contribution is -0.465. The van der Waals surface area contributed by atoms with E-state index in [1.165, 1.54) is 29.7 Å². The predicted molar refractivity (Wildman–Crippen MR) is 60.3 cm³/mol. The smallest absolute Gasteiger partial charge is 0.183 e. The Hall–Kier alpha value is -1.11. The molecule has 1 unspecified atom stereocenters. The van der Waals surface area contributed by atoms with Crippen LogP contribution in [-0.2, 0) is 0 Å². The summed E-state index contributed by atoms with van der Waals surface area (Å²) < 4.78 is 2.25. The first kappa shape index (κ1) is 9.45. The summed E-state index contributed by atoms with van der Waals surface area (Å²) in [4.78, 5) is 0. The topological polar surface area (TPSA) is 3.01 Å². The van der Waals surface area contributed by atoms with Gasteiger partial charge in [-0.15, -0.1) is 0 Å². The van der Waals surface area contributed by atoms with Gasteiger partial charge in [-0.3, -0.25) is 0 Å². The van der Waals surface area contributed by atoms with Crippen molar-refractivity contribution in [2.24, 2.45) is 0 Å². The largest absolute Gasteiger partial charge is 0.238 e. The van der Waals surface area contributed by atoms with Crippen LogP contribution in [0, 0.1) is 0 Å². The predicted octanol–water partition coefficient (Wildman–Crippen LogP) is 2.65. The zero-order valence-corrected chi connectivity index (χ0v) is 9.25. The van der Waals surface area contributed by atoms with E-state index in [0.717, 1.165) is 5.92 Å². The van der Waals surface area contributed by atoms with Crippen molar-refractivity contribution >= 4 is 5.71 Å². The Labute approximate surface area is 86.1 Å². The minimum absolute atomic E-state index is 0.717. The second kappa shape index (κ2) is 3.56. The highest BCUT2D eigenvalue weighted by Gasteiger charge is 2.24. The summed E-state index contributed by atoms with van der Waals surface area (Å²) in [6, 6.07) is 8.80. The summed E-state index contributed by atoms with van der Waals surface area (Å²) in [5.41, 5.74) is 4.46. The number of benzene rings is 1. The van der Waals surface area contributed by atoms with Crippen LogP contribution in [0.2, 0.25) is 0 Å². The van der Waals surface area contributed by atoms with Crippen molar-refractivity contribution in [3.8, 4) is 0 Å². The molecule has 1 atom stereocenters. The van der Waals surface area contributed by atoms with Crippen molar-refractivity contribution in [2.45, 2.75) is 25.7 Å². The average Bonchev–Trinajstić information content (AvgIpc) is 2.18. The van der Waals surface area contributed by atoms with Gasteiger partial charge >= 0.3 is 0 Å². The van der Waals surface area contributed by atoms with Gasteiger partial charge in [-0.05, 0) is 24.0 Å². The molecular formula is C13H18N+. The Kier molecular flexibility index (Phi) is 2.40. The van der Waals surface area contributed by atoms with Gasteiger partial charge in [0.05, 0.1) is 0 Å². The van der Waals surface area contributed by atoms with E-state index in [2.05, 4.69) is 49.9 Å². The van der Waals surface area contributed by atoms with Crippen LogP contribution in [0.15, 0.2) is 24.3 Å². The van der Waals surface area contributed by atoms with E-state index >= 15 is 0 Å². The van der Waals surface area contributed by atoms with Crippen LogP contribution in [-0.4, -0.2) is 24.4 Å². The Morgan fingerprint density at radius 1 is 1.21 bits per heavy atom. The van der Waals surface area contributed by atoms with Crippen molar-refractivity contribution in [3.63, 3.8) is 0 Å². The van der Waals surface area contributed by atoms with Crippen molar-refractivity contribution in [1.29, 1.82) is 0 Å². The zero-order valence-electron chi connectivity index (χ0n) is 9.25. The quantitative estimate of drug-likeness (QED) is 0.551. The van der Waals surface area contributed by atoms with Gasteiger partial charge in [0.15, 0.2) is 5.71 Å². The van der Waals surface area contributed by atoms with Crippen LogP contribution in [0.5, 0.6) is 0 Å². The molecule has 0 saturated heterocycles. The van der Waals surface area contributed by atoms with Crippen molar-refractivity contribution in [3.05, 3.63) is 35.4 Å². The first-order chi connectivity index (χ1) is 6.70. The molecule has 0 radical (unpaired) electrons. The Balaban J connectivity index is 2.58. The summed E-state index contributed by atoms with van der Waals surface area (Å²) in [5.74, 6) is 0.717. The van der Waals surface area contributed by atoms with E-state index in [9.17, 15) is 0 Å². The zero-order chi connectivity index (χ0) is 10.1. The summed E-state index contributed by atoms with van der Waals surface area (Å²) >= 11 is 0. The molecule has 0 aromatic heterocycles. The monoisotopic (exact) mass is 188 g/mol. The lowest BCUT2D eigenvalue weighted by Gasteiger charge is -2.21. The van der Waals surface area contributed by atoms with Gasteiger partial charge in [-0.25, -0.2) is 4.58 Å². The fourth-order valence-electron chi connectivity index (χ4n) is 2.30. The summed E-state index contributed by atoms with van der Waals surface area (Å²) in [6.45, 7) is 2.32. The van der Waals surface area contributed by atoms with E-state index in [-0.39, 0.29) is 0 Å². The molecule has 0 fully saturated rings. The van der Waals surface area contributed by atoms with Gasteiger partial charge in [0, 0.05) is 12.0 Å². The molecule has 0 bridgehead atoms. The third-order valence-electron chi connectivity index (χ3n) is 3.16. The van der Waals surface area contributed by atoms with Gasteiger partial charge in [-0.1, -0.05) is 25.1 Å². The van der Waals surface area contributed by atoms with Gasteiger partial charge in [0.25, 0.3) is 0 Å². The summed E-state index contributed by atoms with van der Waals surface area (Å²) in [6.07, 6.45) is 2.50. The lowest BCUT2D eigenvalue weighted by atomic mass is 9.82.